The largest absolute Gasteiger partial charge is 0.496 e. The number of hydrogen-bond donors (Lipinski definition) is 0. The number of pyridine rings is 2. The molecule has 1 aromatic carbocycles. The number of nitrogens with zero attached hydrogens (tertiary/aromatic N) is 3. The minimum Gasteiger partial charge on any atom is -0.496 e. The molecular weight excluding hydrogens is 446 g/mol. The second-order valence-corrected chi connectivity index (χ2v) is 8.93. The van der Waals surface area contributed by atoms with Crippen LogP contribution in [-0.2, 0) is 4.74 Å². The minimum absolute atomic E-state index is 0.0564. The number of methoxy groups -OCH3 is 2. The van der Waals surface area contributed by atoms with E-state index in [0.29, 0.717) is 36.2 Å². The summed E-state index contributed by atoms with van der Waals surface area (Å²) in [4.78, 5) is 24.5. The van der Waals surface area contributed by atoms with Crippen molar-refractivity contribution in [3.63, 3.8) is 0 Å². The molecule has 1 amide bonds. The number of hydrogen-bond acceptors (Lipinski definition) is 7. The fourth-order valence-corrected chi connectivity index (χ4v) is 5.05. The monoisotopic (exact) mass is 475 g/mol. The minimum atomic E-state index is -0.125. The number of amides is 1. The van der Waals surface area contributed by atoms with Gasteiger partial charge in [0, 0.05) is 29.6 Å². The van der Waals surface area contributed by atoms with Crippen LogP contribution in [0.1, 0.15) is 40.5 Å². The summed E-state index contributed by atoms with van der Waals surface area (Å²) in [5.74, 6) is 2.55. The standard InChI is InChI=1S/C27H29N3O5/c1-17-9-24(32-2)22(13-28-17)18-10-19-15-34-16-20(11-18)30(19)27(31)23-12-25(33-3)26(14-29-23)35-21-7-5-4-6-8-21/h4-9,12-14,18-20H,10-11,15-16H2,1-3H3. The molecule has 3 aromatic rings. The van der Waals surface area contributed by atoms with Crippen molar-refractivity contribution in [1.29, 1.82) is 0 Å². The Morgan fingerprint density at radius 3 is 2.34 bits per heavy atom. The van der Waals surface area contributed by atoms with Gasteiger partial charge in [0.25, 0.3) is 5.91 Å². The number of piperidine rings is 1. The fourth-order valence-electron chi connectivity index (χ4n) is 5.05. The van der Waals surface area contributed by atoms with Gasteiger partial charge in [-0.15, -0.1) is 0 Å². The molecule has 2 unspecified atom stereocenters. The van der Waals surface area contributed by atoms with Gasteiger partial charge in [0.05, 0.1) is 45.7 Å². The van der Waals surface area contributed by atoms with Crippen molar-refractivity contribution in [1.82, 2.24) is 14.9 Å². The van der Waals surface area contributed by atoms with Crippen molar-refractivity contribution < 1.29 is 23.7 Å². The highest BCUT2D eigenvalue weighted by atomic mass is 16.5. The number of fused-ring (bicyclic) bond motifs is 2. The molecule has 35 heavy (non-hydrogen) atoms. The number of aromatic nitrogens is 2. The molecule has 0 saturated carbocycles. The molecule has 8 heteroatoms. The Morgan fingerprint density at radius 2 is 1.66 bits per heavy atom. The molecule has 2 aliphatic rings. The smallest absolute Gasteiger partial charge is 0.273 e. The van der Waals surface area contributed by atoms with E-state index in [9.17, 15) is 4.79 Å². The van der Waals surface area contributed by atoms with Crippen LogP contribution >= 0.6 is 0 Å². The topological polar surface area (TPSA) is 83.0 Å². The third-order valence-electron chi connectivity index (χ3n) is 6.69. The number of morpholine rings is 1. The first-order valence-corrected chi connectivity index (χ1v) is 11.7. The van der Waals surface area contributed by atoms with E-state index in [1.54, 1.807) is 26.5 Å². The van der Waals surface area contributed by atoms with Gasteiger partial charge in [-0.2, -0.15) is 0 Å². The molecular formula is C27H29N3O5. The first-order chi connectivity index (χ1) is 17.1. The summed E-state index contributed by atoms with van der Waals surface area (Å²) in [6, 6.07) is 12.9. The summed E-state index contributed by atoms with van der Waals surface area (Å²) in [5.41, 5.74) is 2.33. The predicted molar refractivity (Wildman–Crippen MR) is 129 cm³/mol. The Labute approximate surface area is 204 Å². The summed E-state index contributed by atoms with van der Waals surface area (Å²) >= 11 is 0. The first kappa shape index (κ1) is 23.1. The van der Waals surface area contributed by atoms with Crippen molar-refractivity contribution in [2.45, 2.75) is 37.8 Å². The number of rotatable bonds is 6. The summed E-state index contributed by atoms with van der Waals surface area (Å²) < 4.78 is 22.9. The molecule has 2 saturated heterocycles. The number of aryl methyl sites for hydroxylation is 1. The molecule has 2 fully saturated rings. The lowest BCUT2D eigenvalue weighted by Gasteiger charge is -2.48. The average molecular weight is 476 g/mol. The molecule has 5 rings (SSSR count). The lowest BCUT2D eigenvalue weighted by atomic mass is 9.80. The van der Waals surface area contributed by atoms with Crippen molar-refractivity contribution in [2.75, 3.05) is 27.4 Å². The highest BCUT2D eigenvalue weighted by molar-refractivity contribution is 5.93. The normalized spacial score (nSPS) is 21.3. The van der Waals surface area contributed by atoms with E-state index in [-0.39, 0.29) is 23.9 Å². The number of carbonyl (C=O) groups excluding carboxylic acids is 1. The molecule has 4 heterocycles. The number of para-hydroxylation sites is 1. The second-order valence-electron chi connectivity index (χ2n) is 8.93. The Morgan fingerprint density at radius 1 is 0.943 bits per heavy atom. The Kier molecular flexibility index (Phi) is 6.55. The van der Waals surface area contributed by atoms with Crippen LogP contribution in [0, 0.1) is 6.92 Å². The van der Waals surface area contributed by atoms with Gasteiger partial charge in [0.1, 0.15) is 17.2 Å². The molecule has 8 nitrogen and oxygen atoms in total. The predicted octanol–water partition coefficient (Wildman–Crippen LogP) is 4.38. The van der Waals surface area contributed by atoms with Crippen LogP contribution in [0.4, 0.5) is 0 Å². The Balaban J connectivity index is 1.37. The fraction of sp³-hybridized carbons (Fsp3) is 0.370. The Hall–Kier alpha value is -3.65. The average Bonchev–Trinajstić information content (AvgIpc) is 2.88. The van der Waals surface area contributed by atoms with E-state index in [2.05, 4.69) is 9.97 Å². The third-order valence-corrected chi connectivity index (χ3v) is 6.69. The van der Waals surface area contributed by atoms with Crippen LogP contribution < -0.4 is 14.2 Å². The number of benzene rings is 1. The van der Waals surface area contributed by atoms with Crippen LogP contribution in [-0.4, -0.2) is 60.3 Å². The summed E-state index contributed by atoms with van der Waals surface area (Å²) in [5, 5.41) is 0. The van der Waals surface area contributed by atoms with Crippen molar-refractivity contribution in [3.05, 3.63) is 71.8 Å². The van der Waals surface area contributed by atoms with E-state index in [1.165, 1.54) is 0 Å². The molecule has 0 radical (unpaired) electrons. The maximum absolute atomic E-state index is 13.6. The zero-order valence-corrected chi connectivity index (χ0v) is 20.1. The number of ether oxygens (including phenoxy) is 4. The molecule has 0 N–H and O–H groups in total. The lowest BCUT2D eigenvalue weighted by molar-refractivity contribution is -0.0620. The van der Waals surface area contributed by atoms with Crippen LogP contribution in [0.3, 0.4) is 0 Å². The van der Waals surface area contributed by atoms with Gasteiger partial charge in [-0.3, -0.25) is 9.78 Å². The van der Waals surface area contributed by atoms with Gasteiger partial charge in [-0.25, -0.2) is 4.98 Å². The van der Waals surface area contributed by atoms with E-state index in [1.807, 2.05) is 54.4 Å². The number of carbonyl (C=O) groups is 1. The van der Waals surface area contributed by atoms with Crippen LogP contribution in [0.2, 0.25) is 0 Å². The molecule has 2 atom stereocenters. The maximum Gasteiger partial charge on any atom is 0.273 e. The van der Waals surface area contributed by atoms with E-state index >= 15 is 0 Å². The van der Waals surface area contributed by atoms with Crippen LogP contribution in [0.5, 0.6) is 23.0 Å². The molecule has 182 valence electrons. The highest BCUT2D eigenvalue weighted by Crippen LogP contribution is 2.41. The van der Waals surface area contributed by atoms with Crippen LogP contribution in [0.25, 0.3) is 0 Å². The van der Waals surface area contributed by atoms with Gasteiger partial charge in [-0.1, -0.05) is 18.2 Å². The van der Waals surface area contributed by atoms with Crippen molar-refractivity contribution >= 4 is 5.91 Å². The molecule has 0 spiro atoms. The quantitative estimate of drug-likeness (QED) is 0.523. The highest BCUT2D eigenvalue weighted by Gasteiger charge is 2.43. The molecule has 2 bridgehead atoms. The molecule has 0 aliphatic carbocycles. The zero-order valence-electron chi connectivity index (χ0n) is 20.1. The summed E-state index contributed by atoms with van der Waals surface area (Å²) in [6.07, 6.45) is 5.00. The van der Waals surface area contributed by atoms with E-state index in [0.717, 1.165) is 29.8 Å². The van der Waals surface area contributed by atoms with Crippen LogP contribution in [0.15, 0.2) is 54.9 Å². The van der Waals surface area contributed by atoms with E-state index in [4.69, 9.17) is 18.9 Å². The zero-order chi connectivity index (χ0) is 24.4. The van der Waals surface area contributed by atoms with Gasteiger partial charge in [0.2, 0.25) is 0 Å². The van der Waals surface area contributed by atoms with Gasteiger partial charge in [0.15, 0.2) is 11.5 Å². The van der Waals surface area contributed by atoms with Crippen molar-refractivity contribution in [3.8, 4) is 23.0 Å². The second kappa shape index (κ2) is 9.92. The third kappa shape index (κ3) is 4.66. The van der Waals surface area contributed by atoms with E-state index < -0.39 is 0 Å². The molecule has 2 aromatic heterocycles. The van der Waals surface area contributed by atoms with Gasteiger partial charge in [-0.05, 0) is 37.8 Å². The summed E-state index contributed by atoms with van der Waals surface area (Å²) in [7, 11) is 3.24. The van der Waals surface area contributed by atoms with Crippen molar-refractivity contribution in [2.24, 2.45) is 0 Å². The lowest BCUT2D eigenvalue weighted by Crippen LogP contribution is -2.58. The van der Waals surface area contributed by atoms with Gasteiger partial charge >= 0.3 is 0 Å². The first-order valence-electron chi connectivity index (χ1n) is 11.7. The van der Waals surface area contributed by atoms with Gasteiger partial charge < -0.3 is 23.8 Å². The maximum atomic E-state index is 13.6. The SMILES string of the molecule is COc1cc(C(=O)N2C3COCC2CC(c2cnc(C)cc2OC)C3)ncc1Oc1ccccc1. The Bertz CT molecular complexity index is 1190. The molecule has 2 aliphatic heterocycles. The summed E-state index contributed by atoms with van der Waals surface area (Å²) in [6.45, 7) is 2.94.